The largest absolute Gasteiger partial charge is 0.494 e. The Labute approximate surface area is 175 Å². The first-order chi connectivity index (χ1) is 14.6. The van der Waals surface area contributed by atoms with Gasteiger partial charge in [-0.1, -0.05) is 0 Å². The summed E-state index contributed by atoms with van der Waals surface area (Å²) in [6.07, 6.45) is -8.52. The van der Waals surface area contributed by atoms with Crippen molar-refractivity contribution < 1.29 is 31.1 Å². The van der Waals surface area contributed by atoms with E-state index in [2.05, 4.69) is 4.98 Å². The van der Waals surface area contributed by atoms with E-state index in [1.807, 2.05) is 6.92 Å². The van der Waals surface area contributed by atoms with Gasteiger partial charge in [-0.3, -0.25) is 0 Å². The number of nitrogens with one attached hydrogen (secondary N) is 1. The van der Waals surface area contributed by atoms with Crippen molar-refractivity contribution >= 4 is 10.9 Å². The van der Waals surface area contributed by atoms with Crippen molar-refractivity contribution in [3.63, 3.8) is 0 Å². The Morgan fingerprint density at radius 3 is 2.16 bits per heavy atom. The molecule has 3 nitrogen and oxygen atoms in total. The van der Waals surface area contributed by atoms with Gasteiger partial charge in [0.05, 0.1) is 17.7 Å². The summed E-state index contributed by atoms with van der Waals surface area (Å²) in [5, 5.41) is -0.235. The minimum atomic E-state index is -4.94. The number of hydrogen-bond acceptors (Lipinski definition) is 2. The van der Waals surface area contributed by atoms with Crippen LogP contribution in [0.1, 0.15) is 36.5 Å². The van der Waals surface area contributed by atoms with Gasteiger partial charge >= 0.3 is 12.4 Å². The summed E-state index contributed by atoms with van der Waals surface area (Å²) in [5.74, 6) is 0.586. The molecule has 0 saturated carbocycles. The summed E-state index contributed by atoms with van der Waals surface area (Å²) in [7, 11) is 0. The van der Waals surface area contributed by atoms with Crippen LogP contribution in [0.4, 0.5) is 26.3 Å². The van der Waals surface area contributed by atoms with Crippen LogP contribution in [0.5, 0.6) is 5.75 Å². The van der Waals surface area contributed by atoms with Gasteiger partial charge in [-0.2, -0.15) is 26.3 Å². The zero-order valence-electron chi connectivity index (χ0n) is 16.8. The van der Waals surface area contributed by atoms with Crippen molar-refractivity contribution in [1.29, 1.82) is 0 Å². The molecule has 0 bridgehead atoms. The van der Waals surface area contributed by atoms with Gasteiger partial charge in [-0.15, -0.1) is 0 Å². The molecule has 3 N–H and O–H groups in total. The molecule has 31 heavy (non-hydrogen) atoms. The summed E-state index contributed by atoms with van der Waals surface area (Å²) >= 11 is 0. The number of hydrogen-bond donors (Lipinski definition) is 2. The van der Waals surface area contributed by atoms with Crippen molar-refractivity contribution in [2.75, 3.05) is 13.2 Å². The molecule has 1 aromatic heterocycles. The lowest BCUT2D eigenvalue weighted by atomic mass is 9.96. The van der Waals surface area contributed by atoms with Crippen LogP contribution in [0.3, 0.4) is 0 Å². The second-order valence-electron chi connectivity index (χ2n) is 7.12. The van der Waals surface area contributed by atoms with Crippen molar-refractivity contribution in [2.24, 2.45) is 5.73 Å². The Morgan fingerprint density at radius 1 is 0.935 bits per heavy atom. The first-order valence-electron chi connectivity index (χ1n) is 9.82. The fraction of sp³-hybridized carbons (Fsp3) is 0.364. The normalized spacial score (nSPS) is 12.5. The number of benzene rings is 2. The Kier molecular flexibility index (Phi) is 6.54. The molecule has 168 valence electrons. The van der Waals surface area contributed by atoms with E-state index in [-0.39, 0.29) is 23.4 Å². The fourth-order valence-electron chi connectivity index (χ4n) is 3.62. The molecule has 0 aliphatic rings. The van der Waals surface area contributed by atoms with Crippen molar-refractivity contribution in [1.82, 2.24) is 4.98 Å². The number of aryl methyl sites for hydroxylation is 1. The number of halogens is 6. The molecular weight excluding hydrogens is 422 g/mol. The monoisotopic (exact) mass is 444 g/mol. The predicted molar refractivity (Wildman–Crippen MR) is 107 cm³/mol. The van der Waals surface area contributed by atoms with Crippen LogP contribution < -0.4 is 10.5 Å². The van der Waals surface area contributed by atoms with Crippen LogP contribution in [0.25, 0.3) is 22.2 Å². The van der Waals surface area contributed by atoms with Gasteiger partial charge in [-0.25, -0.2) is 0 Å². The predicted octanol–water partition coefficient (Wildman–Crippen LogP) is 6.55. The average Bonchev–Trinajstić information content (AvgIpc) is 3.05. The first kappa shape index (κ1) is 23.0. The Balaban J connectivity index is 2.26. The topological polar surface area (TPSA) is 51.0 Å². The highest BCUT2D eigenvalue weighted by Crippen LogP contribution is 2.44. The van der Waals surface area contributed by atoms with Crippen LogP contribution in [-0.2, 0) is 18.8 Å². The molecule has 0 atom stereocenters. The van der Waals surface area contributed by atoms with Crippen LogP contribution in [0.15, 0.2) is 36.4 Å². The number of rotatable bonds is 7. The lowest BCUT2D eigenvalue weighted by molar-refractivity contribution is -0.142. The second kappa shape index (κ2) is 8.82. The van der Waals surface area contributed by atoms with E-state index in [0.717, 1.165) is 6.07 Å². The number of nitrogens with two attached hydrogens (primary N) is 1. The number of alkyl halides is 6. The van der Waals surface area contributed by atoms with Crippen LogP contribution in [0.2, 0.25) is 0 Å². The van der Waals surface area contributed by atoms with Gasteiger partial charge in [0.1, 0.15) is 5.75 Å². The molecule has 0 radical (unpaired) electrons. The molecule has 2 aromatic carbocycles. The summed E-state index contributed by atoms with van der Waals surface area (Å²) < 4.78 is 86.6. The third-order valence-electron chi connectivity index (χ3n) is 4.97. The number of unbranched alkanes of at least 4 members (excludes halogenated alkanes) is 1. The molecule has 0 aliphatic carbocycles. The van der Waals surface area contributed by atoms with E-state index in [4.69, 9.17) is 10.5 Å². The lowest BCUT2D eigenvalue weighted by Gasteiger charge is -2.14. The SMILES string of the molecule is CCOc1ccc(-c2[nH]c3cc(C(F)(F)F)cc(C(F)(F)F)c3c2CCCCN)cc1. The smallest absolute Gasteiger partial charge is 0.417 e. The summed E-state index contributed by atoms with van der Waals surface area (Å²) in [4.78, 5) is 2.81. The maximum absolute atomic E-state index is 13.8. The summed E-state index contributed by atoms with van der Waals surface area (Å²) in [6, 6.07) is 7.58. The summed E-state index contributed by atoms with van der Waals surface area (Å²) in [6.45, 7) is 2.63. The third kappa shape index (κ3) is 4.98. The van der Waals surface area contributed by atoms with Crippen molar-refractivity contribution in [3.8, 4) is 17.0 Å². The maximum atomic E-state index is 13.8. The number of fused-ring (bicyclic) bond motifs is 1. The molecular formula is C22H22F6N2O. The third-order valence-corrected chi connectivity index (χ3v) is 4.97. The van der Waals surface area contributed by atoms with E-state index in [9.17, 15) is 26.3 Å². The van der Waals surface area contributed by atoms with Gasteiger partial charge in [-0.05, 0) is 80.3 Å². The minimum absolute atomic E-state index is 0.185. The molecule has 0 saturated heterocycles. The van der Waals surface area contributed by atoms with Crippen molar-refractivity contribution in [2.45, 2.75) is 38.5 Å². The van der Waals surface area contributed by atoms with Gasteiger partial charge in [0.15, 0.2) is 0 Å². The van der Waals surface area contributed by atoms with E-state index in [1.54, 1.807) is 24.3 Å². The highest BCUT2D eigenvalue weighted by Gasteiger charge is 2.39. The molecule has 3 aromatic rings. The van der Waals surface area contributed by atoms with E-state index in [0.29, 0.717) is 48.6 Å². The van der Waals surface area contributed by atoms with Crippen molar-refractivity contribution in [3.05, 3.63) is 53.1 Å². The highest BCUT2D eigenvalue weighted by molar-refractivity contribution is 5.94. The number of aromatic nitrogens is 1. The highest BCUT2D eigenvalue weighted by atomic mass is 19.4. The molecule has 3 rings (SSSR count). The standard InChI is InChI=1S/C22H22F6N2O/c1-2-31-15-8-6-13(7-9-15)20-16(5-3-4-10-29)19-17(22(26,27)28)11-14(21(23,24)25)12-18(19)30-20/h6-9,11-12,30H,2-5,10,29H2,1H3. The van der Waals surface area contributed by atoms with E-state index < -0.39 is 23.5 Å². The zero-order chi connectivity index (χ0) is 22.8. The number of ether oxygens (including phenoxy) is 1. The second-order valence-corrected chi connectivity index (χ2v) is 7.12. The van der Waals surface area contributed by atoms with Gasteiger partial charge < -0.3 is 15.5 Å². The molecule has 0 amide bonds. The van der Waals surface area contributed by atoms with Crippen LogP contribution in [-0.4, -0.2) is 18.1 Å². The van der Waals surface area contributed by atoms with Crippen LogP contribution in [0, 0.1) is 0 Å². The molecule has 0 unspecified atom stereocenters. The number of aromatic amines is 1. The average molecular weight is 444 g/mol. The van der Waals surface area contributed by atoms with E-state index >= 15 is 0 Å². The zero-order valence-corrected chi connectivity index (χ0v) is 16.8. The van der Waals surface area contributed by atoms with Gasteiger partial charge in [0.25, 0.3) is 0 Å². The Bertz CT molecular complexity index is 1040. The van der Waals surface area contributed by atoms with Gasteiger partial charge in [0, 0.05) is 16.6 Å². The minimum Gasteiger partial charge on any atom is -0.494 e. The lowest BCUT2D eigenvalue weighted by Crippen LogP contribution is -2.11. The Hall–Kier alpha value is -2.68. The quantitative estimate of drug-likeness (QED) is 0.321. The van der Waals surface area contributed by atoms with E-state index in [1.165, 1.54) is 0 Å². The molecule has 1 heterocycles. The molecule has 0 spiro atoms. The first-order valence-corrected chi connectivity index (χ1v) is 9.82. The fourth-order valence-corrected chi connectivity index (χ4v) is 3.62. The summed E-state index contributed by atoms with van der Waals surface area (Å²) in [5.41, 5.74) is 3.92. The molecule has 0 fully saturated rings. The maximum Gasteiger partial charge on any atom is 0.417 e. The molecule has 0 aliphatic heterocycles. The molecule has 9 heteroatoms. The van der Waals surface area contributed by atoms with Crippen LogP contribution >= 0.6 is 0 Å². The van der Waals surface area contributed by atoms with Gasteiger partial charge in [0.2, 0.25) is 0 Å². The Morgan fingerprint density at radius 2 is 1.61 bits per heavy atom. The number of H-pyrrole nitrogens is 1.